The molecule has 0 spiro atoms. The Hall–Kier alpha value is -0.530. The molecule has 0 saturated heterocycles. The van der Waals surface area contributed by atoms with Crippen LogP contribution in [-0.2, 0) is 10.0 Å². The van der Waals surface area contributed by atoms with Gasteiger partial charge in [-0.1, -0.05) is 0 Å². The van der Waals surface area contributed by atoms with Gasteiger partial charge in [-0.25, -0.2) is 18.4 Å². The number of allylic oxidation sites excluding steroid dienone is 1. The third-order valence-electron chi connectivity index (χ3n) is 0.765. The smallest absolute Gasteiger partial charge is 0.245 e. The molecule has 0 aromatic carbocycles. The number of hydrazone groups is 1. The standard InChI is InChI=1S/C3H5N3O2S2/c4-10(7,8)3-1-2-5-6-9-3/h1-2,6H,(H2,4,7,8). The predicted molar refractivity (Wildman–Crippen MR) is 40.4 cm³/mol. The van der Waals surface area contributed by atoms with Gasteiger partial charge in [0.2, 0.25) is 10.0 Å². The predicted octanol–water partition coefficient (Wildman–Crippen LogP) is -0.646. The van der Waals surface area contributed by atoms with E-state index in [1.807, 2.05) is 0 Å². The van der Waals surface area contributed by atoms with Crippen LogP contribution in [0.15, 0.2) is 15.4 Å². The maximum Gasteiger partial charge on any atom is 0.245 e. The van der Waals surface area contributed by atoms with Gasteiger partial charge >= 0.3 is 0 Å². The summed E-state index contributed by atoms with van der Waals surface area (Å²) in [4.78, 5) is 2.40. The van der Waals surface area contributed by atoms with Crippen LogP contribution in [0.5, 0.6) is 0 Å². The maximum absolute atomic E-state index is 10.6. The Morgan fingerprint density at radius 2 is 2.40 bits per heavy atom. The molecule has 1 aliphatic heterocycles. The lowest BCUT2D eigenvalue weighted by molar-refractivity contribution is 0.605. The molecule has 0 bridgehead atoms. The number of nitrogens with one attached hydrogen (secondary N) is 1. The van der Waals surface area contributed by atoms with Crippen molar-refractivity contribution in [3.8, 4) is 0 Å². The molecule has 0 unspecified atom stereocenters. The van der Waals surface area contributed by atoms with Gasteiger partial charge in [0, 0.05) is 18.2 Å². The number of sulfonamides is 1. The molecule has 0 aliphatic carbocycles. The van der Waals surface area contributed by atoms with Crippen molar-refractivity contribution < 1.29 is 8.42 Å². The van der Waals surface area contributed by atoms with Crippen LogP contribution in [0.2, 0.25) is 0 Å². The summed E-state index contributed by atoms with van der Waals surface area (Å²) in [6, 6.07) is 0. The summed E-state index contributed by atoms with van der Waals surface area (Å²) in [5.41, 5.74) is 0. The van der Waals surface area contributed by atoms with E-state index in [9.17, 15) is 8.42 Å². The minimum absolute atomic E-state index is 0.0718. The molecule has 5 nitrogen and oxygen atoms in total. The van der Waals surface area contributed by atoms with Crippen LogP contribution < -0.4 is 9.97 Å². The van der Waals surface area contributed by atoms with Gasteiger partial charge in [-0.3, -0.25) is 0 Å². The first kappa shape index (κ1) is 7.58. The van der Waals surface area contributed by atoms with Crippen LogP contribution in [0.3, 0.4) is 0 Å². The molecular weight excluding hydrogens is 174 g/mol. The molecule has 1 rings (SSSR count). The minimum atomic E-state index is -3.56. The molecule has 0 radical (unpaired) electrons. The molecule has 7 heteroatoms. The van der Waals surface area contributed by atoms with Crippen LogP contribution in [0.25, 0.3) is 0 Å². The second-order valence-electron chi connectivity index (χ2n) is 1.50. The lowest BCUT2D eigenvalue weighted by atomic mass is 10.7. The van der Waals surface area contributed by atoms with Crippen molar-refractivity contribution in [3.05, 3.63) is 10.3 Å². The summed E-state index contributed by atoms with van der Waals surface area (Å²) < 4.78 is 21.2. The molecule has 0 atom stereocenters. The zero-order valence-electron chi connectivity index (χ0n) is 4.81. The van der Waals surface area contributed by atoms with E-state index in [1.54, 1.807) is 0 Å². The molecule has 1 aliphatic rings. The highest BCUT2D eigenvalue weighted by atomic mass is 32.3. The summed E-state index contributed by atoms with van der Waals surface area (Å²) in [6.45, 7) is 0. The van der Waals surface area contributed by atoms with E-state index in [1.165, 1.54) is 12.3 Å². The Bertz CT molecular complexity index is 278. The normalized spacial score (nSPS) is 17.9. The Balaban J connectivity index is 2.93. The average molecular weight is 179 g/mol. The third kappa shape index (κ3) is 1.72. The van der Waals surface area contributed by atoms with E-state index in [0.29, 0.717) is 0 Å². The Morgan fingerprint density at radius 3 is 2.70 bits per heavy atom. The molecule has 0 amide bonds. The Labute approximate surface area is 62.5 Å². The van der Waals surface area contributed by atoms with E-state index in [-0.39, 0.29) is 4.24 Å². The molecule has 0 fully saturated rings. The van der Waals surface area contributed by atoms with E-state index in [0.717, 1.165) is 11.9 Å². The van der Waals surface area contributed by atoms with Gasteiger partial charge in [-0.2, -0.15) is 5.10 Å². The molecule has 3 N–H and O–H groups in total. The van der Waals surface area contributed by atoms with Gasteiger partial charge in [-0.05, 0) is 6.08 Å². The molecule has 1 heterocycles. The number of rotatable bonds is 1. The van der Waals surface area contributed by atoms with Crippen LogP contribution in [0, 0.1) is 0 Å². The highest BCUT2D eigenvalue weighted by Gasteiger charge is 2.13. The lowest BCUT2D eigenvalue weighted by Gasteiger charge is -2.04. The SMILES string of the molecule is NS(=O)(=O)C1=CC=NNS1. The number of hydrogen-bond acceptors (Lipinski definition) is 5. The van der Waals surface area contributed by atoms with Crippen LogP contribution in [-0.4, -0.2) is 14.6 Å². The highest BCUT2D eigenvalue weighted by Crippen LogP contribution is 2.17. The van der Waals surface area contributed by atoms with Crippen LogP contribution >= 0.6 is 11.9 Å². The average Bonchev–Trinajstić information content (AvgIpc) is 1.88. The first-order valence-corrected chi connectivity index (χ1v) is 4.65. The number of nitrogens with zero attached hydrogens (tertiary/aromatic N) is 1. The number of nitrogens with two attached hydrogens (primary N) is 1. The van der Waals surface area contributed by atoms with Crippen molar-refractivity contribution in [3.63, 3.8) is 0 Å². The van der Waals surface area contributed by atoms with Crippen molar-refractivity contribution in [2.45, 2.75) is 0 Å². The van der Waals surface area contributed by atoms with Gasteiger partial charge in [0.15, 0.2) is 0 Å². The monoisotopic (exact) mass is 179 g/mol. The maximum atomic E-state index is 10.6. The zero-order chi connectivity index (χ0) is 7.61. The second kappa shape index (κ2) is 2.60. The van der Waals surface area contributed by atoms with E-state index >= 15 is 0 Å². The molecular formula is C3H5N3O2S2. The fraction of sp³-hybridized carbons (Fsp3) is 0. The van der Waals surface area contributed by atoms with E-state index in [4.69, 9.17) is 5.14 Å². The van der Waals surface area contributed by atoms with Crippen molar-refractivity contribution in [2.24, 2.45) is 10.2 Å². The van der Waals surface area contributed by atoms with Gasteiger partial charge in [0.25, 0.3) is 0 Å². The van der Waals surface area contributed by atoms with Crippen LogP contribution in [0.4, 0.5) is 0 Å². The largest absolute Gasteiger partial charge is 0.246 e. The fourth-order valence-electron chi connectivity index (χ4n) is 0.387. The van der Waals surface area contributed by atoms with Crippen molar-refractivity contribution in [2.75, 3.05) is 0 Å². The van der Waals surface area contributed by atoms with E-state index < -0.39 is 10.0 Å². The topological polar surface area (TPSA) is 84.6 Å². The molecule has 0 aromatic heterocycles. The summed E-state index contributed by atoms with van der Waals surface area (Å²) in [6.07, 6.45) is 2.66. The second-order valence-corrected chi connectivity index (χ2v) is 4.12. The van der Waals surface area contributed by atoms with E-state index in [2.05, 4.69) is 9.93 Å². The van der Waals surface area contributed by atoms with Gasteiger partial charge < -0.3 is 0 Å². The van der Waals surface area contributed by atoms with Gasteiger partial charge in [0.1, 0.15) is 4.24 Å². The summed E-state index contributed by atoms with van der Waals surface area (Å²) >= 11 is 0.870. The van der Waals surface area contributed by atoms with Crippen LogP contribution in [0.1, 0.15) is 0 Å². The van der Waals surface area contributed by atoms with Crippen molar-refractivity contribution >= 4 is 28.2 Å². The summed E-state index contributed by atoms with van der Waals surface area (Å²) in [5.74, 6) is 0. The Morgan fingerprint density at radius 1 is 1.70 bits per heavy atom. The first-order chi connectivity index (χ1) is 4.61. The fourth-order valence-corrected chi connectivity index (χ4v) is 1.55. The first-order valence-electron chi connectivity index (χ1n) is 2.29. The Kier molecular flexibility index (Phi) is 1.97. The summed E-state index contributed by atoms with van der Waals surface area (Å²) in [5, 5.41) is 8.32. The van der Waals surface area contributed by atoms with Gasteiger partial charge in [0.05, 0.1) is 0 Å². The zero-order valence-corrected chi connectivity index (χ0v) is 6.45. The van der Waals surface area contributed by atoms with Gasteiger partial charge in [-0.15, -0.1) is 0 Å². The quantitative estimate of drug-likeness (QED) is 0.524. The minimum Gasteiger partial charge on any atom is -0.246 e. The third-order valence-corrected chi connectivity index (χ3v) is 2.94. The van der Waals surface area contributed by atoms with Crippen molar-refractivity contribution in [1.29, 1.82) is 0 Å². The number of primary sulfonamides is 1. The number of hydrogen-bond donors (Lipinski definition) is 2. The highest BCUT2D eigenvalue weighted by molar-refractivity contribution is 8.16. The molecule has 0 aromatic rings. The molecule has 10 heavy (non-hydrogen) atoms. The summed E-state index contributed by atoms with van der Waals surface area (Å²) in [7, 11) is -3.56. The molecule has 0 saturated carbocycles. The van der Waals surface area contributed by atoms with Crippen molar-refractivity contribution in [1.82, 2.24) is 4.83 Å². The molecule has 56 valence electrons. The lowest BCUT2D eigenvalue weighted by Crippen LogP contribution is -2.16.